The van der Waals surface area contributed by atoms with Gasteiger partial charge in [-0.05, 0) is 31.5 Å². The molecule has 132 valence electrons. The lowest BCUT2D eigenvalue weighted by molar-refractivity contribution is 0.0697. The van der Waals surface area contributed by atoms with Crippen LogP contribution in [-0.2, 0) is 6.54 Å². The summed E-state index contributed by atoms with van der Waals surface area (Å²) >= 11 is 0. The SMILES string of the molecule is O=C(O)c1ccccc1-n1cnc(CN2CCCC2c2cnccn2)c1. The smallest absolute Gasteiger partial charge is 0.337 e. The van der Waals surface area contributed by atoms with Gasteiger partial charge in [-0.25, -0.2) is 9.78 Å². The number of rotatable bonds is 5. The first-order valence-electron chi connectivity index (χ1n) is 8.58. The van der Waals surface area contributed by atoms with Gasteiger partial charge in [0.15, 0.2) is 0 Å². The fraction of sp³-hybridized carbons (Fsp3) is 0.263. The number of aromatic carboxylic acids is 1. The molecular formula is C19H19N5O2. The molecule has 0 saturated carbocycles. The molecular weight excluding hydrogens is 330 g/mol. The maximum absolute atomic E-state index is 11.4. The summed E-state index contributed by atoms with van der Waals surface area (Å²) in [5, 5.41) is 9.37. The normalized spacial score (nSPS) is 17.5. The van der Waals surface area contributed by atoms with Crippen molar-refractivity contribution in [2.45, 2.75) is 25.4 Å². The predicted molar refractivity (Wildman–Crippen MR) is 94.9 cm³/mol. The molecule has 1 atom stereocenters. The van der Waals surface area contributed by atoms with Gasteiger partial charge in [-0.1, -0.05) is 12.1 Å². The Kier molecular flexibility index (Phi) is 4.45. The van der Waals surface area contributed by atoms with E-state index in [1.54, 1.807) is 41.5 Å². The molecule has 3 heterocycles. The van der Waals surface area contributed by atoms with Crippen LogP contribution in [-0.4, -0.2) is 42.0 Å². The standard InChI is InChI=1S/C19H19N5O2/c25-19(26)15-4-1-2-5-17(15)24-12-14(22-13-24)11-23-9-3-6-18(23)16-10-20-7-8-21-16/h1-2,4-5,7-8,10,12-13,18H,3,6,9,11H2,(H,25,26). The van der Waals surface area contributed by atoms with Gasteiger partial charge in [0.1, 0.15) is 0 Å². The topological polar surface area (TPSA) is 84.1 Å². The monoisotopic (exact) mass is 349 g/mol. The Morgan fingerprint density at radius 1 is 1.23 bits per heavy atom. The van der Waals surface area contributed by atoms with E-state index in [1.165, 1.54) is 0 Å². The zero-order valence-corrected chi connectivity index (χ0v) is 14.2. The number of likely N-dealkylation sites (tertiary alicyclic amines) is 1. The molecule has 1 aliphatic heterocycles. The molecule has 1 saturated heterocycles. The second-order valence-corrected chi connectivity index (χ2v) is 6.35. The molecule has 7 heteroatoms. The number of hydrogen-bond donors (Lipinski definition) is 1. The van der Waals surface area contributed by atoms with Gasteiger partial charge in [-0.3, -0.25) is 14.9 Å². The number of aromatic nitrogens is 4. The van der Waals surface area contributed by atoms with Gasteiger partial charge in [0.2, 0.25) is 0 Å². The molecule has 1 unspecified atom stereocenters. The van der Waals surface area contributed by atoms with Gasteiger partial charge >= 0.3 is 5.97 Å². The van der Waals surface area contributed by atoms with Crippen LogP contribution in [0.1, 0.15) is 40.6 Å². The number of imidazole rings is 1. The van der Waals surface area contributed by atoms with E-state index >= 15 is 0 Å². The number of para-hydroxylation sites is 1. The predicted octanol–water partition coefficient (Wildman–Crippen LogP) is 2.70. The average molecular weight is 349 g/mol. The van der Waals surface area contributed by atoms with E-state index in [0.29, 0.717) is 12.2 Å². The Morgan fingerprint density at radius 3 is 2.92 bits per heavy atom. The lowest BCUT2D eigenvalue weighted by Crippen LogP contribution is -2.23. The summed E-state index contributed by atoms with van der Waals surface area (Å²) in [5.74, 6) is -0.946. The fourth-order valence-electron chi connectivity index (χ4n) is 3.50. The van der Waals surface area contributed by atoms with Crippen molar-refractivity contribution in [3.8, 4) is 5.69 Å². The lowest BCUT2D eigenvalue weighted by atomic mass is 10.1. The summed E-state index contributed by atoms with van der Waals surface area (Å²) in [6.07, 6.45) is 11.0. The van der Waals surface area contributed by atoms with E-state index in [0.717, 1.165) is 30.8 Å². The molecule has 0 aliphatic carbocycles. The number of benzene rings is 1. The molecule has 26 heavy (non-hydrogen) atoms. The Morgan fingerprint density at radius 2 is 2.12 bits per heavy atom. The van der Waals surface area contributed by atoms with E-state index in [9.17, 15) is 9.90 Å². The molecule has 0 spiro atoms. The van der Waals surface area contributed by atoms with Gasteiger partial charge in [0.25, 0.3) is 0 Å². The highest BCUT2D eigenvalue weighted by Crippen LogP contribution is 2.31. The zero-order valence-electron chi connectivity index (χ0n) is 14.2. The third-order valence-electron chi connectivity index (χ3n) is 4.70. The van der Waals surface area contributed by atoms with Crippen LogP contribution in [0.4, 0.5) is 0 Å². The molecule has 0 amide bonds. The Balaban J connectivity index is 1.55. The van der Waals surface area contributed by atoms with Crippen LogP contribution < -0.4 is 0 Å². The minimum Gasteiger partial charge on any atom is -0.478 e. The van der Waals surface area contributed by atoms with Crippen molar-refractivity contribution in [3.63, 3.8) is 0 Å². The van der Waals surface area contributed by atoms with Crippen molar-refractivity contribution in [1.82, 2.24) is 24.4 Å². The molecule has 2 aromatic heterocycles. The summed E-state index contributed by atoms with van der Waals surface area (Å²) in [7, 11) is 0. The summed E-state index contributed by atoms with van der Waals surface area (Å²) in [6.45, 7) is 1.68. The minimum atomic E-state index is -0.946. The summed E-state index contributed by atoms with van der Waals surface area (Å²) in [5.41, 5.74) is 2.77. The van der Waals surface area contributed by atoms with Crippen LogP contribution in [0.25, 0.3) is 5.69 Å². The van der Waals surface area contributed by atoms with Crippen LogP contribution in [0.15, 0.2) is 55.4 Å². The molecule has 7 nitrogen and oxygen atoms in total. The van der Waals surface area contributed by atoms with Crippen molar-refractivity contribution in [2.75, 3.05) is 6.54 Å². The first-order valence-corrected chi connectivity index (χ1v) is 8.58. The molecule has 0 bridgehead atoms. The van der Waals surface area contributed by atoms with E-state index in [1.807, 2.05) is 18.5 Å². The third kappa shape index (κ3) is 3.21. The molecule has 1 N–H and O–H groups in total. The van der Waals surface area contributed by atoms with Crippen LogP contribution in [0, 0.1) is 0 Å². The Hall–Kier alpha value is -3.06. The Bertz CT molecular complexity index is 909. The highest BCUT2D eigenvalue weighted by molar-refractivity contribution is 5.91. The number of carboxylic acids is 1. The summed E-state index contributed by atoms with van der Waals surface area (Å²) in [4.78, 5) is 26.9. The highest BCUT2D eigenvalue weighted by Gasteiger charge is 2.27. The first kappa shape index (κ1) is 16.4. The van der Waals surface area contributed by atoms with Gasteiger partial charge in [0, 0.05) is 31.3 Å². The van der Waals surface area contributed by atoms with E-state index in [2.05, 4.69) is 19.9 Å². The number of nitrogens with zero attached hydrogens (tertiary/aromatic N) is 5. The molecule has 1 aliphatic rings. The number of carboxylic acid groups (broad SMARTS) is 1. The van der Waals surface area contributed by atoms with Crippen LogP contribution in [0.5, 0.6) is 0 Å². The van der Waals surface area contributed by atoms with Crippen LogP contribution in [0.2, 0.25) is 0 Å². The molecule has 1 fully saturated rings. The van der Waals surface area contributed by atoms with Crippen LogP contribution >= 0.6 is 0 Å². The summed E-state index contributed by atoms with van der Waals surface area (Å²) < 4.78 is 1.77. The minimum absolute atomic E-state index is 0.250. The van der Waals surface area contributed by atoms with E-state index in [-0.39, 0.29) is 11.6 Å². The molecule has 0 radical (unpaired) electrons. The quantitative estimate of drug-likeness (QED) is 0.762. The number of carbonyl (C=O) groups is 1. The van der Waals surface area contributed by atoms with Crippen molar-refractivity contribution in [1.29, 1.82) is 0 Å². The van der Waals surface area contributed by atoms with Gasteiger partial charge in [-0.2, -0.15) is 0 Å². The van der Waals surface area contributed by atoms with E-state index in [4.69, 9.17) is 0 Å². The van der Waals surface area contributed by atoms with Gasteiger partial charge in [-0.15, -0.1) is 0 Å². The van der Waals surface area contributed by atoms with Crippen molar-refractivity contribution < 1.29 is 9.90 Å². The van der Waals surface area contributed by atoms with E-state index < -0.39 is 5.97 Å². The van der Waals surface area contributed by atoms with Crippen molar-refractivity contribution in [3.05, 3.63) is 72.3 Å². The maximum Gasteiger partial charge on any atom is 0.337 e. The molecule has 1 aromatic carbocycles. The first-order chi connectivity index (χ1) is 12.7. The van der Waals surface area contributed by atoms with Gasteiger partial charge < -0.3 is 9.67 Å². The fourth-order valence-corrected chi connectivity index (χ4v) is 3.50. The molecule has 3 aromatic rings. The number of hydrogen-bond acceptors (Lipinski definition) is 5. The van der Waals surface area contributed by atoms with Crippen LogP contribution in [0.3, 0.4) is 0 Å². The zero-order chi connectivity index (χ0) is 17.9. The highest BCUT2D eigenvalue weighted by atomic mass is 16.4. The maximum atomic E-state index is 11.4. The second-order valence-electron chi connectivity index (χ2n) is 6.35. The average Bonchev–Trinajstić information content (AvgIpc) is 3.32. The second kappa shape index (κ2) is 7.05. The van der Waals surface area contributed by atoms with Crippen molar-refractivity contribution in [2.24, 2.45) is 0 Å². The molecule has 4 rings (SSSR count). The Labute approximate surface area is 151 Å². The largest absolute Gasteiger partial charge is 0.478 e. The van der Waals surface area contributed by atoms with Crippen molar-refractivity contribution >= 4 is 5.97 Å². The van der Waals surface area contributed by atoms with Gasteiger partial charge in [0.05, 0.1) is 35.0 Å². The lowest BCUT2D eigenvalue weighted by Gasteiger charge is -2.22. The third-order valence-corrected chi connectivity index (χ3v) is 4.70. The summed E-state index contributed by atoms with van der Waals surface area (Å²) in [6, 6.07) is 7.18.